The number of carbonyl (C=O) groups is 1. The van der Waals surface area contributed by atoms with E-state index in [-0.39, 0.29) is 12.0 Å². The third-order valence-corrected chi connectivity index (χ3v) is 3.64. The first kappa shape index (κ1) is 12.9. The summed E-state index contributed by atoms with van der Waals surface area (Å²) >= 11 is 0. The van der Waals surface area contributed by atoms with Crippen molar-refractivity contribution in [2.45, 2.75) is 45.1 Å². The van der Waals surface area contributed by atoms with Crippen molar-refractivity contribution in [1.82, 2.24) is 0 Å². The molecule has 1 aliphatic carbocycles. The van der Waals surface area contributed by atoms with Crippen LogP contribution in [0.25, 0.3) is 0 Å². The number of hydrogen-bond donors (Lipinski definition) is 1. The second-order valence-electron chi connectivity index (χ2n) is 4.88. The fourth-order valence-electron chi connectivity index (χ4n) is 2.50. The number of aryl methyl sites for hydroxylation is 1. The molecule has 2 atom stereocenters. The van der Waals surface area contributed by atoms with Gasteiger partial charge in [-0.05, 0) is 43.4 Å². The minimum absolute atomic E-state index is 0.177. The molecule has 0 spiro atoms. The van der Waals surface area contributed by atoms with Gasteiger partial charge in [0, 0.05) is 0 Å². The van der Waals surface area contributed by atoms with E-state index in [9.17, 15) is 9.90 Å². The van der Waals surface area contributed by atoms with Crippen LogP contribution < -0.4 is 4.74 Å². The van der Waals surface area contributed by atoms with E-state index in [1.165, 1.54) is 5.56 Å². The van der Waals surface area contributed by atoms with E-state index < -0.39 is 5.97 Å². The zero-order valence-corrected chi connectivity index (χ0v) is 10.8. The minimum Gasteiger partial charge on any atom is -0.490 e. The van der Waals surface area contributed by atoms with Crippen LogP contribution in [0.1, 0.15) is 38.2 Å². The molecule has 0 bridgehead atoms. The molecule has 1 aromatic rings. The Balaban J connectivity index is 2.03. The normalized spacial score (nSPS) is 23.6. The summed E-state index contributed by atoms with van der Waals surface area (Å²) in [7, 11) is 0. The molecule has 98 valence electrons. The molecule has 1 saturated carbocycles. The zero-order chi connectivity index (χ0) is 13.0. The van der Waals surface area contributed by atoms with E-state index in [4.69, 9.17) is 4.74 Å². The lowest BCUT2D eigenvalue weighted by Gasteiger charge is -2.29. The van der Waals surface area contributed by atoms with E-state index in [0.717, 1.165) is 37.9 Å². The molecule has 18 heavy (non-hydrogen) atoms. The summed E-state index contributed by atoms with van der Waals surface area (Å²) in [4.78, 5) is 11.2. The summed E-state index contributed by atoms with van der Waals surface area (Å²) in [6, 6.07) is 7.95. The Morgan fingerprint density at radius 1 is 1.28 bits per heavy atom. The van der Waals surface area contributed by atoms with E-state index in [0.29, 0.717) is 0 Å². The van der Waals surface area contributed by atoms with Crippen LogP contribution in [-0.2, 0) is 11.2 Å². The maximum Gasteiger partial charge on any atom is 0.310 e. The Morgan fingerprint density at radius 2 is 1.94 bits per heavy atom. The lowest BCUT2D eigenvalue weighted by atomic mass is 9.86. The molecule has 3 nitrogen and oxygen atoms in total. The fourth-order valence-corrected chi connectivity index (χ4v) is 2.50. The number of ether oxygens (including phenoxy) is 1. The summed E-state index contributed by atoms with van der Waals surface area (Å²) in [5.74, 6) is -0.306. The number of aliphatic carboxylic acids is 1. The molecule has 0 aliphatic heterocycles. The van der Waals surface area contributed by atoms with Gasteiger partial charge in [-0.2, -0.15) is 0 Å². The molecule has 2 unspecified atom stereocenters. The number of carboxylic acids is 1. The summed E-state index contributed by atoms with van der Waals surface area (Å²) in [5.41, 5.74) is 1.26. The predicted molar refractivity (Wildman–Crippen MR) is 69.8 cm³/mol. The van der Waals surface area contributed by atoms with Gasteiger partial charge in [-0.3, -0.25) is 4.79 Å². The third kappa shape index (κ3) is 3.03. The molecule has 2 rings (SSSR count). The topological polar surface area (TPSA) is 46.5 Å². The van der Waals surface area contributed by atoms with E-state index in [1.807, 2.05) is 24.3 Å². The molecule has 0 heterocycles. The Hall–Kier alpha value is -1.51. The Morgan fingerprint density at radius 3 is 2.56 bits per heavy atom. The molecule has 3 heteroatoms. The number of carboxylic acid groups (broad SMARTS) is 1. The molecule has 1 N–H and O–H groups in total. The van der Waals surface area contributed by atoms with Crippen molar-refractivity contribution in [3.63, 3.8) is 0 Å². The van der Waals surface area contributed by atoms with Crippen molar-refractivity contribution < 1.29 is 14.6 Å². The van der Waals surface area contributed by atoms with Gasteiger partial charge in [0.2, 0.25) is 0 Å². The lowest BCUT2D eigenvalue weighted by Crippen LogP contribution is -2.35. The highest BCUT2D eigenvalue weighted by Gasteiger charge is 2.32. The SMILES string of the molecule is CCc1ccc(OC2CCCCC2C(=O)O)cc1. The van der Waals surface area contributed by atoms with Crippen LogP contribution in [0.5, 0.6) is 5.75 Å². The quantitative estimate of drug-likeness (QED) is 0.889. The van der Waals surface area contributed by atoms with Gasteiger partial charge < -0.3 is 9.84 Å². The molecular weight excluding hydrogens is 228 g/mol. The summed E-state index contributed by atoms with van der Waals surface area (Å²) < 4.78 is 5.85. The van der Waals surface area contributed by atoms with Crippen LogP contribution in [0.3, 0.4) is 0 Å². The first-order valence-corrected chi connectivity index (χ1v) is 6.69. The van der Waals surface area contributed by atoms with Crippen LogP contribution in [0.15, 0.2) is 24.3 Å². The third-order valence-electron chi connectivity index (χ3n) is 3.64. The molecule has 1 fully saturated rings. The smallest absolute Gasteiger partial charge is 0.310 e. The van der Waals surface area contributed by atoms with E-state index >= 15 is 0 Å². The van der Waals surface area contributed by atoms with Crippen molar-refractivity contribution in [2.75, 3.05) is 0 Å². The minimum atomic E-state index is -0.732. The maximum atomic E-state index is 11.2. The van der Waals surface area contributed by atoms with Crippen LogP contribution in [0, 0.1) is 5.92 Å². The standard InChI is InChI=1S/C15H20O3/c1-2-11-7-9-12(10-8-11)18-14-6-4-3-5-13(14)15(16)17/h7-10,13-14H,2-6H2,1H3,(H,16,17). The van der Waals surface area contributed by atoms with Gasteiger partial charge in [0.15, 0.2) is 0 Å². The molecule has 0 radical (unpaired) electrons. The monoisotopic (exact) mass is 248 g/mol. The number of benzene rings is 1. The first-order chi connectivity index (χ1) is 8.70. The fraction of sp³-hybridized carbons (Fsp3) is 0.533. The van der Waals surface area contributed by atoms with Crippen LogP contribution in [0.4, 0.5) is 0 Å². The first-order valence-electron chi connectivity index (χ1n) is 6.69. The number of rotatable bonds is 4. The second kappa shape index (κ2) is 5.89. The Bertz CT molecular complexity index is 397. The lowest BCUT2D eigenvalue weighted by molar-refractivity contribution is -0.146. The van der Waals surface area contributed by atoms with Crippen molar-refractivity contribution in [3.05, 3.63) is 29.8 Å². The summed E-state index contributed by atoms with van der Waals surface area (Å²) in [6.45, 7) is 2.11. The number of hydrogen-bond acceptors (Lipinski definition) is 2. The highest BCUT2D eigenvalue weighted by atomic mass is 16.5. The average molecular weight is 248 g/mol. The van der Waals surface area contributed by atoms with Gasteiger partial charge in [0.25, 0.3) is 0 Å². The van der Waals surface area contributed by atoms with Gasteiger partial charge in [-0.15, -0.1) is 0 Å². The highest BCUT2D eigenvalue weighted by Crippen LogP contribution is 2.28. The zero-order valence-electron chi connectivity index (χ0n) is 10.8. The molecular formula is C15H20O3. The van der Waals surface area contributed by atoms with E-state index in [2.05, 4.69) is 6.92 Å². The molecule has 1 aromatic carbocycles. The van der Waals surface area contributed by atoms with Crippen LogP contribution in [0.2, 0.25) is 0 Å². The predicted octanol–water partition coefficient (Wildman–Crippen LogP) is 3.27. The van der Waals surface area contributed by atoms with Crippen molar-refractivity contribution in [1.29, 1.82) is 0 Å². The van der Waals surface area contributed by atoms with Crippen LogP contribution in [-0.4, -0.2) is 17.2 Å². The van der Waals surface area contributed by atoms with Crippen molar-refractivity contribution in [2.24, 2.45) is 5.92 Å². The highest BCUT2D eigenvalue weighted by molar-refractivity contribution is 5.70. The van der Waals surface area contributed by atoms with Gasteiger partial charge in [-0.25, -0.2) is 0 Å². The summed E-state index contributed by atoms with van der Waals surface area (Å²) in [6.07, 6.45) is 4.44. The van der Waals surface area contributed by atoms with Gasteiger partial charge in [0.05, 0.1) is 5.92 Å². The largest absolute Gasteiger partial charge is 0.490 e. The molecule has 0 saturated heterocycles. The average Bonchev–Trinajstić information content (AvgIpc) is 2.40. The van der Waals surface area contributed by atoms with Crippen LogP contribution >= 0.6 is 0 Å². The molecule has 0 aromatic heterocycles. The van der Waals surface area contributed by atoms with Gasteiger partial charge in [-0.1, -0.05) is 25.5 Å². The summed E-state index contributed by atoms with van der Waals surface area (Å²) in [5, 5.41) is 9.19. The second-order valence-corrected chi connectivity index (χ2v) is 4.88. The maximum absolute atomic E-state index is 11.2. The Labute approximate surface area is 108 Å². The van der Waals surface area contributed by atoms with Gasteiger partial charge in [0.1, 0.15) is 11.9 Å². The molecule has 0 amide bonds. The van der Waals surface area contributed by atoms with E-state index in [1.54, 1.807) is 0 Å². The molecule has 1 aliphatic rings. The van der Waals surface area contributed by atoms with Crippen molar-refractivity contribution >= 4 is 5.97 Å². The van der Waals surface area contributed by atoms with Crippen molar-refractivity contribution in [3.8, 4) is 5.75 Å². The Kier molecular flexibility index (Phi) is 4.24. The van der Waals surface area contributed by atoms with Gasteiger partial charge >= 0.3 is 5.97 Å².